The largest absolute Gasteiger partial charge is 0.497 e. The number of nitrogens with one attached hydrogen (secondary N) is 1. The van der Waals surface area contributed by atoms with E-state index in [1.165, 1.54) is 0 Å². The number of likely N-dealkylation sites (N-methyl/N-ethyl adjacent to an activating group) is 1. The molecule has 0 aliphatic heterocycles. The van der Waals surface area contributed by atoms with Crippen molar-refractivity contribution in [3.05, 3.63) is 94.0 Å². The number of methoxy groups -OCH3 is 1. The van der Waals surface area contributed by atoms with Crippen molar-refractivity contribution in [1.82, 2.24) is 10.2 Å². The lowest BCUT2D eigenvalue weighted by molar-refractivity contribution is -0.141. The average Bonchev–Trinajstić information content (AvgIpc) is 2.90. The Kier molecular flexibility index (Phi) is 10.5. The third-order valence-corrected chi connectivity index (χ3v) is 6.48. The van der Waals surface area contributed by atoms with Crippen molar-refractivity contribution >= 4 is 35.0 Å². The summed E-state index contributed by atoms with van der Waals surface area (Å²) in [6.07, 6.45) is 1.03. The summed E-state index contributed by atoms with van der Waals surface area (Å²) in [5.41, 5.74) is 1.54. The van der Waals surface area contributed by atoms with Gasteiger partial charge in [-0.1, -0.05) is 59.6 Å². The lowest BCUT2D eigenvalue weighted by Gasteiger charge is -2.31. The number of halogens is 2. The highest BCUT2D eigenvalue weighted by atomic mass is 35.5. The first-order valence-electron chi connectivity index (χ1n) is 11.7. The highest BCUT2D eigenvalue weighted by Crippen LogP contribution is 2.27. The number of benzene rings is 3. The molecule has 36 heavy (non-hydrogen) atoms. The molecule has 1 N–H and O–H groups in total. The molecule has 1 atom stereocenters. The maximum atomic E-state index is 13.5. The normalized spacial score (nSPS) is 11.4. The monoisotopic (exact) mass is 528 g/mol. The fourth-order valence-corrected chi connectivity index (χ4v) is 4.32. The fraction of sp³-hybridized carbons (Fsp3) is 0.286. The molecule has 0 aromatic heterocycles. The van der Waals surface area contributed by atoms with Crippen molar-refractivity contribution in [2.24, 2.45) is 0 Å². The Morgan fingerprint density at radius 2 is 1.56 bits per heavy atom. The number of hydrogen-bond donors (Lipinski definition) is 1. The fourth-order valence-electron chi connectivity index (χ4n) is 3.80. The van der Waals surface area contributed by atoms with Crippen LogP contribution in [0.1, 0.15) is 24.0 Å². The Hall–Kier alpha value is -3.22. The van der Waals surface area contributed by atoms with Crippen LogP contribution in [0.3, 0.4) is 0 Å². The third kappa shape index (κ3) is 7.64. The van der Waals surface area contributed by atoms with Crippen molar-refractivity contribution in [3.63, 3.8) is 0 Å². The van der Waals surface area contributed by atoms with Crippen molar-refractivity contribution < 1.29 is 19.1 Å². The zero-order valence-corrected chi connectivity index (χ0v) is 21.9. The van der Waals surface area contributed by atoms with E-state index in [0.29, 0.717) is 40.8 Å². The lowest BCUT2D eigenvalue weighted by Crippen LogP contribution is -2.49. The number of carbonyl (C=O) groups is 2. The zero-order valence-electron chi connectivity index (χ0n) is 20.4. The van der Waals surface area contributed by atoms with E-state index in [4.69, 9.17) is 32.7 Å². The van der Waals surface area contributed by atoms with Crippen LogP contribution in [0.25, 0.3) is 0 Å². The molecule has 0 bridgehead atoms. The van der Waals surface area contributed by atoms with E-state index in [1.807, 2.05) is 54.6 Å². The number of rotatable bonds is 12. The molecule has 190 valence electrons. The lowest BCUT2D eigenvalue weighted by atomic mass is 10.0. The predicted molar refractivity (Wildman–Crippen MR) is 143 cm³/mol. The number of carbonyl (C=O) groups excluding carboxylic acids is 2. The van der Waals surface area contributed by atoms with Crippen LogP contribution in [0.4, 0.5) is 0 Å². The second kappa shape index (κ2) is 13.8. The van der Waals surface area contributed by atoms with E-state index in [2.05, 4.69) is 5.32 Å². The molecule has 0 spiro atoms. The minimum Gasteiger partial charge on any atom is -0.497 e. The predicted octanol–water partition coefficient (Wildman–Crippen LogP) is 5.55. The van der Waals surface area contributed by atoms with Gasteiger partial charge >= 0.3 is 0 Å². The smallest absolute Gasteiger partial charge is 0.242 e. The van der Waals surface area contributed by atoms with Gasteiger partial charge in [0.15, 0.2) is 0 Å². The van der Waals surface area contributed by atoms with Gasteiger partial charge in [0, 0.05) is 42.0 Å². The maximum absolute atomic E-state index is 13.5. The van der Waals surface area contributed by atoms with Gasteiger partial charge in [0.1, 0.15) is 17.5 Å². The van der Waals surface area contributed by atoms with Gasteiger partial charge in [0.05, 0.1) is 13.7 Å². The first kappa shape index (κ1) is 27.4. The van der Waals surface area contributed by atoms with Gasteiger partial charge < -0.3 is 19.7 Å². The van der Waals surface area contributed by atoms with Crippen LogP contribution < -0.4 is 14.8 Å². The van der Waals surface area contributed by atoms with Crippen LogP contribution in [0.2, 0.25) is 10.0 Å². The molecule has 0 fully saturated rings. The molecule has 6 nitrogen and oxygen atoms in total. The minimum atomic E-state index is -0.736. The molecule has 0 saturated carbocycles. The van der Waals surface area contributed by atoms with Crippen LogP contribution >= 0.6 is 23.2 Å². The topological polar surface area (TPSA) is 67.9 Å². The number of hydrogen-bond acceptors (Lipinski definition) is 4. The molecule has 3 rings (SSSR count). The molecular formula is C28H30Cl2N2O4. The standard InChI is InChI=1S/C28H30Cl2N2O4/c1-31-28(34)26(18-20-8-4-3-5-9-20)32(19-23-24(29)10-6-11-25(23)30)27(33)12-7-17-36-22-15-13-21(35-2)14-16-22/h3-6,8-11,13-16,26H,7,12,17-19H2,1-2H3,(H,31,34)/t26-/m0/s1. The quantitative estimate of drug-likeness (QED) is 0.313. The van der Waals surface area contributed by atoms with Crippen molar-refractivity contribution in [3.8, 4) is 11.5 Å². The second-order valence-electron chi connectivity index (χ2n) is 8.17. The van der Waals surface area contributed by atoms with E-state index >= 15 is 0 Å². The SMILES string of the molecule is CNC(=O)[C@H](Cc1ccccc1)N(Cc1c(Cl)cccc1Cl)C(=O)CCCOc1ccc(OC)cc1. The molecule has 2 amide bonds. The van der Waals surface area contributed by atoms with Gasteiger partial charge in [0.25, 0.3) is 0 Å². The number of ether oxygens (including phenoxy) is 2. The van der Waals surface area contributed by atoms with E-state index in [0.717, 1.165) is 11.3 Å². The average molecular weight is 529 g/mol. The van der Waals surface area contributed by atoms with Crippen LogP contribution in [-0.4, -0.2) is 43.5 Å². The number of amides is 2. The zero-order chi connectivity index (χ0) is 25.9. The van der Waals surface area contributed by atoms with Crippen LogP contribution in [0, 0.1) is 0 Å². The Morgan fingerprint density at radius 3 is 2.17 bits per heavy atom. The van der Waals surface area contributed by atoms with E-state index in [-0.39, 0.29) is 24.8 Å². The van der Waals surface area contributed by atoms with Crippen LogP contribution in [0.5, 0.6) is 11.5 Å². The molecule has 3 aromatic carbocycles. The molecule has 0 heterocycles. The molecule has 0 aliphatic rings. The summed E-state index contributed by atoms with van der Waals surface area (Å²) in [6, 6.07) is 21.3. The first-order chi connectivity index (χ1) is 17.4. The summed E-state index contributed by atoms with van der Waals surface area (Å²) < 4.78 is 10.9. The van der Waals surface area contributed by atoms with E-state index in [9.17, 15) is 9.59 Å². The summed E-state index contributed by atoms with van der Waals surface area (Å²) in [5.74, 6) is 0.985. The minimum absolute atomic E-state index is 0.113. The molecular weight excluding hydrogens is 499 g/mol. The Morgan fingerprint density at radius 1 is 0.917 bits per heavy atom. The van der Waals surface area contributed by atoms with Gasteiger partial charge in [0.2, 0.25) is 11.8 Å². The van der Waals surface area contributed by atoms with Crippen molar-refractivity contribution in [2.75, 3.05) is 20.8 Å². The molecule has 0 saturated heterocycles. The third-order valence-electron chi connectivity index (χ3n) is 5.77. The van der Waals surface area contributed by atoms with Gasteiger partial charge in [-0.2, -0.15) is 0 Å². The van der Waals surface area contributed by atoms with E-state index in [1.54, 1.807) is 37.3 Å². The van der Waals surface area contributed by atoms with Gasteiger partial charge in [-0.15, -0.1) is 0 Å². The molecule has 3 aromatic rings. The molecule has 8 heteroatoms. The summed E-state index contributed by atoms with van der Waals surface area (Å²) in [4.78, 5) is 28.1. The molecule has 0 aliphatic carbocycles. The van der Waals surface area contributed by atoms with Crippen LogP contribution in [-0.2, 0) is 22.6 Å². The Labute approximate surface area is 222 Å². The van der Waals surface area contributed by atoms with Crippen LogP contribution in [0.15, 0.2) is 72.8 Å². The summed E-state index contributed by atoms with van der Waals surface area (Å²) in [7, 11) is 3.17. The highest BCUT2D eigenvalue weighted by Gasteiger charge is 2.30. The summed E-state index contributed by atoms with van der Waals surface area (Å²) >= 11 is 12.8. The van der Waals surface area contributed by atoms with Crippen molar-refractivity contribution in [2.45, 2.75) is 31.8 Å². The number of nitrogens with zero attached hydrogens (tertiary/aromatic N) is 1. The Balaban J connectivity index is 1.77. The first-order valence-corrected chi connectivity index (χ1v) is 12.4. The molecule has 0 radical (unpaired) electrons. The summed E-state index contributed by atoms with van der Waals surface area (Å²) in [6.45, 7) is 0.462. The van der Waals surface area contributed by atoms with Crippen molar-refractivity contribution in [1.29, 1.82) is 0 Å². The van der Waals surface area contributed by atoms with Gasteiger partial charge in [-0.05, 0) is 48.4 Å². The van der Waals surface area contributed by atoms with E-state index < -0.39 is 6.04 Å². The Bertz CT molecular complexity index is 1120. The van der Waals surface area contributed by atoms with Gasteiger partial charge in [-0.3, -0.25) is 9.59 Å². The summed E-state index contributed by atoms with van der Waals surface area (Å²) in [5, 5.41) is 3.59. The molecule has 0 unspecified atom stereocenters. The van der Waals surface area contributed by atoms with Gasteiger partial charge in [-0.25, -0.2) is 0 Å². The maximum Gasteiger partial charge on any atom is 0.242 e. The highest BCUT2D eigenvalue weighted by molar-refractivity contribution is 6.36. The second-order valence-corrected chi connectivity index (χ2v) is 8.98.